The number of rotatable bonds is 8. The second kappa shape index (κ2) is 10.0. The summed E-state index contributed by atoms with van der Waals surface area (Å²) in [5, 5.41) is 6.98. The van der Waals surface area contributed by atoms with Gasteiger partial charge in [0.15, 0.2) is 0 Å². The number of aromatic nitrogens is 2. The van der Waals surface area contributed by atoms with Crippen LogP contribution in [-0.2, 0) is 0 Å². The lowest BCUT2D eigenvalue weighted by molar-refractivity contribution is 0.0755. The number of hydrogen-bond donors (Lipinski definition) is 1. The van der Waals surface area contributed by atoms with Gasteiger partial charge in [-0.1, -0.05) is 26.0 Å². The first-order chi connectivity index (χ1) is 15.0. The van der Waals surface area contributed by atoms with E-state index in [-0.39, 0.29) is 17.5 Å². The Morgan fingerprint density at radius 1 is 1.03 bits per heavy atom. The van der Waals surface area contributed by atoms with Crippen LogP contribution in [0.3, 0.4) is 0 Å². The van der Waals surface area contributed by atoms with E-state index in [2.05, 4.69) is 10.4 Å². The predicted octanol–water partition coefficient (Wildman–Crippen LogP) is 4.83. The molecular weight excluding hydrogens is 395 g/mol. The van der Waals surface area contributed by atoms with Crippen molar-refractivity contribution >= 4 is 17.5 Å². The van der Waals surface area contributed by atoms with Crippen LogP contribution in [0.2, 0.25) is 0 Å². The van der Waals surface area contributed by atoms with Crippen LogP contribution < -0.4 is 5.32 Å². The van der Waals surface area contributed by atoms with Crippen LogP contribution in [0.1, 0.15) is 53.1 Å². The summed E-state index contributed by atoms with van der Waals surface area (Å²) >= 11 is 0. The van der Waals surface area contributed by atoms with Crippen LogP contribution in [0, 0.1) is 12.7 Å². The number of benzene rings is 2. The van der Waals surface area contributed by atoms with Gasteiger partial charge in [0.05, 0.1) is 17.5 Å². The number of anilines is 1. The summed E-state index contributed by atoms with van der Waals surface area (Å²) in [7, 11) is 0. The summed E-state index contributed by atoms with van der Waals surface area (Å²) in [6, 6.07) is 13.1. The van der Waals surface area contributed by atoms with Gasteiger partial charge < -0.3 is 10.2 Å². The quantitative estimate of drug-likeness (QED) is 0.565. The van der Waals surface area contributed by atoms with Gasteiger partial charge in [0, 0.05) is 24.3 Å². The SMILES string of the molecule is CCCN(CCC)C(=O)c1ccc(NC(=O)c2cnn(-c3ccccc3F)c2C)cc1. The molecule has 1 aromatic heterocycles. The fourth-order valence-corrected chi connectivity index (χ4v) is 3.43. The Kier molecular flexibility index (Phi) is 7.18. The molecule has 31 heavy (non-hydrogen) atoms. The maximum absolute atomic E-state index is 14.1. The molecule has 0 fully saturated rings. The zero-order valence-corrected chi connectivity index (χ0v) is 18.1. The minimum absolute atomic E-state index is 0.0106. The molecule has 6 nitrogen and oxygen atoms in total. The van der Waals surface area contributed by atoms with Gasteiger partial charge in [0.1, 0.15) is 11.5 Å². The summed E-state index contributed by atoms with van der Waals surface area (Å²) in [5.41, 5.74) is 2.32. The number of para-hydroxylation sites is 1. The van der Waals surface area contributed by atoms with Gasteiger partial charge in [-0.2, -0.15) is 5.10 Å². The molecular formula is C24H27FN4O2. The Balaban J connectivity index is 1.73. The number of carbonyl (C=O) groups is 2. The Morgan fingerprint density at radius 3 is 2.29 bits per heavy atom. The molecule has 162 valence electrons. The maximum Gasteiger partial charge on any atom is 0.259 e. The topological polar surface area (TPSA) is 67.2 Å². The molecule has 0 spiro atoms. The third-order valence-electron chi connectivity index (χ3n) is 5.00. The summed E-state index contributed by atoms with van der Waals surface area (Å²) in [4.78, 5) is 27.3. The van der Waals surface area contributed by atoms with Crippen molar-refractivity contribution in [2.75, 3.05) is 18.4 Å². The Labute approximate surface area is 181 Å². The lowest BCUT2D eigenvalue weighted by Crippen LogP contribution is -2.32. The zero-order valence-electron chi connectivity index (χ0n) is 18.1. The lowest BCUT2D eigenvalue weighted by Gasteiger charge is -2.21. The van der Waals surface area contributed by atoms with Crippen LogP contribution in [0.4, 0.5) is 10.1 Å². The second-order valence-electron chi connectivity index (χ2n) is 7.33. The van der Waals surface area contributed by atoms with E-state index in [9.17, 15) is 14.0 Å². The molecule has 2 amide bonds. The summed E-state index contributed by atoms with van der Waals surface area (Å²) < 4.78 is 15.5. The molecule has 3 rings (SSSR count). The zero-order chi connectivity index (χ0) is 22.4. The molecule has 0 bridgehead atoms. The van der Waals surface area contributed by atoms with Gasteiger partial charge in [-0.3, -0.25) is 9.59 Å². The summed E-state index contributed by atoms with van der Waals surface area (Å²) in [6.45, 7) is 7.24. The van der Waals surface area contributed by atoms with E-state index in [1.807, 2.05) is 18.7 Å². The fourth-order valence-electron chi connectivity index (χ4n) is 3.43. The van der Waals surface area contributed by atoms with Gasteiger partial charge in [-0.05, 0) is 56.2 Å². The van der Waals surface area contributed by atoms with Gasteiger partial charge >= 0.3 is 0 Å². The molecule has 1 heterocycles. The molecule has 0 unspecified atom stereocenters. The van der Waals surface area contributed by atoms with E-state index in [1.54, 1.807) is 49.4 Å². The van der Waals surface area contributed by atoms with Crippen LogP contribution >= 0.6 is 0 Å². The molecule has 3 aromatic rings. The van der Waals surface area contributed by atoms with E-state index >= 15 is 0 Å². The van der Waals surface area contributed by atoms with Crippen molar-refractivity contribution in [3.8, 4) is 5.69 Å². The first-order valence-electron chi connectivity index (χ1n) is 10.5. The number of halogens is 1. The highest BCUT2D eigenvalue weighted by Crippen LogP contribution is 2.19. The van der Waals surface area contributed by atoms with E-state index in [0.29, 0.717) is 22.5 Å². The number of carbonyl (C=O) groups excluding carboxylic acids is 2. The fraction of sp³-hybridized carbons (Fsp3) is 0.292. The van der Waals surface area contributed by atoms with Crippen LogP contribution in [-0.4, -0.2) is 39.6 Å². The standard InChI is InChI=1S/C24H27FN4O2/c1-4-14-28(15-5-2)24(31)18-10-12-19(13-11-18)27-23(30)20-16-26-29(17(20)3)22-9-7-6-8-21(22)25/h6-13,16H,4-5,14-15H2,1-3H3,(H,27,30). The highest BCUT2D eigenvalue weighted by Gasteiger charge is 2.18. The van der Waals surface area contributed by atoms with Crippen molar-refractivity contribution in [1.82, 2.24) is 14.7 Å². The number of hydrogen-bond acceptors (Lipinski definition) is 3. The van der Waals surface area contributed by atoms with Gasteiger partial charge in [0.2, 0.25) is 0 Å². The predicted molar refractivity (Wildman–Crippen MR) is 119 cm³/mol. The Bertz CT molecular complexity index is 1050. The first-order valence-corrected chi connectivity index (χ1v) is 10.5. The largest absolute Gasteiger partial charge is 0.339 e. The van der Waals surface area contributed by atoms with Crippen LogP contribution in [0.5, 0.6) is 0 Å². The van der Waals surface area contributed by atoms with Crippen molar-refractivity contribution in [2.24, 2.45) is 0 Å². The molecule has 0 aliphatic carbocycles. The summed E-state index contributed by atoms with van der Waals surface area (Å²) in [6.07, 6.45) is 3.22. The Morgan fingerprint density at radius 2 is 1.68 bits per heavy atom. The van der Waals surface area contributed by atoms with E-state index in [0.717, 1.165) is 25.9 Å². The average Bonchev–Trinajstić information content (AvgIpc) is 3.15. The highest BCUT2D eigenvalue weighted by molar-refractivity contribution is 6.05. The second-order valence-corrected chi connectivity index (χ2v) is 7.33. The third kappa shape index (κ3) is 4.99. The van der Waals surface area contributed by atoms with Gasteiger partial charge in [-0.15, -0.1) is 0 Å². The smallest absolute Gasteiger partial charge is 0.259 e. The van der Waals surface area contributed by atoms with Crippen molar-refractivity contribution < 1.29 is 14.0 Å². The molecule has 0 saturated heterocycles. The minimum Gasteiger partial charge on any atom is -0.339 e. The minimum atomic E-state index is -0.416. The molecule has 7 heteroatoms. The molecule has 2 aromatic carbocycles. The highest BCUT2D eigenvalue weighted by atomic mass is 19.1. The third-order valence-corrected chi connectivity index (χ3v) is 5.00. The monoisotopic (exact) mass is 422 g/mol. The number of amides is 2. The molecule has 1 N–H and O–H groups in total. The normalized spacial score (nSPS) is 10.7. The molecule has 0 atom stereocenters. The molecule has 0 saturated carbocycles. The van der Waals surface area contributed by atoms with Crippen molar-refractivity contribution in [1.29, 1.82) is 0 Å². The van der Waals surface area contributed by atoms with Gasteiger partial charge in [0.25, 0.3) is 11.8 Å². The molecule has 0 aliphatic rings. The lowest BCUT2D eigenvalue weighted by atomic mass is 10.1. The maximum atomic E-state index is 14.1. The number of nitrogens with one attached hydrogen (secondary N) is 1. The van der Waals surface area contributed by atoms with Crippen molar-refractivity contribution in [3.63, 3.8) is 0 Å². The molecule has 0 radical (unpaired) electrons. The number of nitrogens with zero attached hydrogens (tertiary/aromatic N) is 3. The average molecular weight is 423 g/mol. The summed E-state index contributed by atoms with van der Waals surface area (Å²) in [5.74, 6) is -0.776. The van der Waals surface area contributed by atoms with E-state index in [4.69, 9.17) is 0 Å². The first kappa shape index (κ1) is 22.2. The van der Waals surface area contributed by atoms with Gasteiger partial charge in [-0.25, -0.2) is 9.07 Å². The van der Waals surface area contributed by atoms with Crippen molar-refractivity contribution in [3.05, 3.63) is 77.4 Å². The van der Waals surface area contributed by atoms with Crippen LogP contribution in [0.25, 0.3) is 5.69 Å². The molecule has 0 aliphatic heterocycles. The van der Waals surface area contributed by atoms with E-state index in [1.165, 1.54) is 16.9 Å². The van der Waals surface area contributed by atoms with E-state index < -0.39 is 5.82 Å². The van der Waals surface area contributed by atoms with Crippen molar-refractivity contribution in [2.45, 2.75) is 33.6 Å². The Hall–Kier alpha value is -3.48. The van der Waals surface area contributed by atoms with Crippen LogP contribution in [0.15, 0.2) is 54.7 Å².